The molecular weight excluding hydrogens is 228 g/mol. The number of aromatic hydroxyl groups is 1. The van der Waals surface area contributed by atoms with E-state index in [-0.39, 0.29) is 0 Å². The monoisotopic (exact) mass is 248 g/mol. The lowest BCUT2D eigenvalue weighted by atomic mass is 9.93. The summed E-state index contributed by atoms with van der Waals surface area (Å²) in [6, 6.07) is 6.19. The Morgan fingerprint density at radius 1 is 1.33 bits per heavy atom. The first-order valence-corrected chi connectivity index (χ1v) is 6.69. The van der Waals surface area contributed by atoms with Crippen LogP contribution in [0.5, 0.6) is 5.75 Å². The van der Waals surface area contributed by atoms with Crippen molar-refractivity contribution in [3.05, 3.63) is 29.3 Å². The zero-order valence-electron chi connectivity index (χ0n) is 10.6. The lowest BCUT2D eigenvalue weighted by Crippen LogP contribution is -2.43. The van der Waals surface area contributed by atoms with Crippen LogP contribution in [-0.4, -0.2) is 49.4 Å². The van der Waals surface area contributed by atoms with Crippen molar-refractivity contribution in [3.63, 3.8) is 0 Å². The summed E-state index contributed by atoms with van der Waals surface area (Å²) in [7, 11) is 0. The Labute approximate surface area is 108 Å². The fraction of sp³-hybridized carbons (Fsp3) is 0.571. The number of rotatable bonds is 2. The van der Waals surface area contributed by atoms with Gasteiger partial charge in [-0.05, 0) is 30.2 Å². The van der Waals surface area contributed by atoms with Gasteiger partial charge in [0.1, 0.15) is 5.75 Å². The Morgan fingerprint density at radius 2 is 2.17 bits per heavy atom. The van der Waals surface area contributed by atoms with Crippen LogP contribution < -0.4 is 5.32 Å². The van der Waals surface area contributed by atoms with Crippen molar-refractivity contribution >= 4 is 0 Å². The molecule has 4 nitrogen and oxygen atoms in total. The van der Waals surface area contributed by atoms with Crippen LogP contribution in [0.15, 0.2) is 18.2 Å². The van der Waals surface area contributed by atoms with E-state index in [0.717, 1.165) is 51.4 Å². The van der Waals surface area contributed by atoms with Gasteiger partial charge in [-0.1, -0.05) is 12.1 Å². The number of phenols is 1. The number of morpholine rings is 1. The Balaban J connectivity index is 1.76. The number of nitrogens with one attached hydrogen (secondary N) is 1. The number of hydrogen-bond acceptors (Lipinski definition) is 4. The number of ether oxygens (including phenoxy) is 1. The van der Waals surface area contributed by atoms with Crippen molar-refractivity contribution in [2.24, 2.45) is 0 Å². The number of hydrogen-bond donors (Lipinski definition) is 2. The second kappa shape index (κ2) is 5.26. The molecule has 0 spiro atoms. The molecule has 0 aromatic heterocycles. The van der Waals surface area contributed by atoms with Crippen molar-refractivity contribution in [2.75, 3.05) is 39.4 Å². The number of nitrogens with zero attached hydrogens (tertiary/aromatic N) is 1. The maximum absolute atomic E-state index is 9.92. The van der Waals surface area contributed by atoms with E-state index in [9.17, 15) is 5.11 Å². The van der Waals surface area contributed by atoms with Crippen LogP contribution in [0.4, 0.5) is 0 Å². The highest BCUT2D eigenvalue weighted by atomic mass is 16.5. The SMILES string of the molecule is Oc1cccc2c1CCNC2CN1CCOCC1. The van der Waals surface area contributed by atoms with Crippen molar-refractivity contribution in [1.29, 1.82) is 0 Å². The highest BCUT2D eigenvalue weighted by Gasteiger charge is 2.24. The molecule has 0 aliphatic carbocycles. The minimum Gasteiger partial charge on any atom is -0.508 e. The summed E-state index contributed by atoms with van der Waals surface area (Å²) in [6.45, 7) is 5.62. The van der Waals surface area contributed by atoms with Gasteiger partial charge in [0.15, 0.2) is 0 Å². The average molecular weight is 248 g/mol. The predicted molar refractivity (Wildman–Crippen MR) is 69.8 cm³/mol. The van der Waals surface area contributed by atoms with Crippen LogP contribution in [0.1, 0.15) is 17.2 Å². The highest BCUT2D eigenvalue weighted by Crippen LogP contribution is 2.30. The van der Waals surface area contributed by atoms with Gasteiger partial charge in [-0.2, -0.15) is 0 Å². The summed E-state index contributed by atoms with van der Waals surface area (Å²) in [4.78, 5) is 2.43. The molecule has 1 fully saturated rings. The number of fused-ring (bicyclic) bond motifs is 1. The van der Waals surface area contributed by atoms with Crippen LogP contribution in [0.3, 0.4) is 0 Å². The van der Waals surface area contributed by atoms with Gasteiger partial charge in [0.2, 0.25) is 0 Å². The van der Waals surface area contributed by atoms with Gasteiger partial charge in [-0.3, -0.25) is 4.90 Å². The van der Waals surface area contributed by atoms with Crippen molar-refractivity contribution < 1.29 is 9.84 Å². The minimum atomic E-state index is 0.332. The molecule has 1 aromatic carbocycles. The standard InChI is InChI=1S/C14H20N2O2/c17-14-3-1-2-11-12(14)4-5-15-13(11)10-16-6-8-18-9-7-16/h1-3,13,15,17H,4-10H2. The maximum Gasteiger partial charge on any atom is 0.119 e. The molecule has 0 amide bonds. The molecular formula is C14H20N2O2. The summed E-state index contributed by atoms with van der Waals surface area (Å²) < 4.78 is 5.38. The Hall–Kier alpha value is -1.10. The van der Waals surface area contributed by atoms with Gasteiger partial charge >= 0.3 is 0 Å². The molecule has 0 bridgehead atoms. The number of benzene rings is 1. The van der Waals surface area contributed by atoms with Gasteiger partial charge in [-0.15, -0.1) is 0 Å². The molecule has 1 saturated heterocycles. The largest absolute Gasteiger partial charge is 0.508 e. The van der Waals surface area contributed by atoms with Crippen molar-refractivity contribution in [2.45, 2.75) is 12.5 Å². The fourth-order valence-electron chi connectivity index (χ4n) is 2.88. The molecule has 2 aliphatic heterocycles. The van der Waals surface area contributed by atoms with Crippen LogP contribution >= 0.6 is 0 Å². The van der Waals surface area contributed by atoms with E-state index in [1.54, 1.807) is 6.07 Å². The summed E-state index contributed by atoms with van der Waals surface area (Å²) in [5.74, 6) is 0.445. The summed E-state index contributed by atoms with van der Waals surface area (Å²) in [5, 5.41) is 13.5. The molecule has 3 rings (SSSR count). The first kappa shape index (κ1) is 12.0. The third-order valence-corrected chi connectivity index (χ3v) is 3.87. The van der Waals surface area contributed by atoms with Crippen LogP contribution in [0, 0.1) is 0 Å². The van der Waals surface area contributed by atoms with Crippen LogP contribution in [-0.2, 0) is 11.2 Å². The molecule has 2 heterocycles. The average Bonchev–Trinajstić information content (AvgIpc) is 2.41. The Morgan fingerprint density at radius 3 is 3.00 bits per heavy atom. The van der Waals surface area contributed by atoms with Crippen LogP contribution in [0.2, 0.25) is 0 Å². The zero-order chi connectivity index (χ0) is 12.4. The lowest BCUT2D eigenvalue weighted by molar-refractivity contribution is 0.0331. The summed E-state index contributed by atoms with van der Waals surface area (Å²) in [5.41, 5.74) is 2.38. The van der Waals surface area contributed by atoms with E-state index >= 15 is 0 Å². The smallest absolute Gasteiger partial charge is 0.119 e. The fourth-order valence-corrected chi connectivity index (χ4v) is 2.88. The summed E-state index contributed by atoms with van der Waals surface area (Å²) >= 11 is 0. The van der Waals surface area contributed by atoms with Gasteiger partial charge < -0.3 is 15.2 Å². The first-order chi connectivity index (χ1) is 8.84. The van der Waals surface area contributed by atoms with Crippen molar-refractivity contribution in [1.82, 2.24) is 10.2 Å². The molecule has 1 aromatic rings. The van der Waals surface area contributed by atoms with E-state index in [4.69, 9.17) is 4.74 Å². The normalized spacial score (nSPS) is 24.8. The second-order valence-electron chi connectivity index (χ2n) is 5.01. The molecule has 0 radical (unpaired) electrons. The van der Waals surface area contributed by atoms with E-state index in [0.29, 0.717) is 11.8 Å². The quantitative estimate of drug-likeness (QED) is 0.816. The minimum absolute atomic E-state index is 0.332. The zero-order valence-corrected chi connectivity index (χ0v) is 10.6. The van der Waals surface area contributed by atoms with Gasteiger partial charge in [0.05, 0.1) is 13.2 Å². The maximum atomic E-state index is 9.92. The van der Waals surface area contributed by atoms with Crippen LogP contribution in [0.25, 0.3) is 0 Å². The van der Waals surface area contributed by atoms with E-state index < -0.39 is 0 Å². The first-order valence-electron chi connectivity index (χ1n) is 6.69. The van der Waals surface area contributed by atoms with Crippen molar-refractivity contribution in [3.8, 4) is 5.75 Å². The molecule has 98 valence electrons. The van der Waals surface area contributed by atoms with Gasteiger partial charge in [-0.25, -0.2) is 0 Å². The highest BCUT2D eigenvalue weighted by molar-refractivity contribution is 5.42. The van der Waals surface area contributed by atoms with E-state index in [1.807, 2.05) is 6.07 Å². The third-order valence-electron chi connectivity index (χ3n) is 3.87. The number of phenolic OH excluding ortho intramolecular Hbond substituents is 1. The lowest BCUT2D eigenvalue weighted by Gasteiger charge is -2.34. The van der Waals surface area contributed by atoms with E-state index in [2.05, 4.69) is 16.3 Å². The second-order valence-corrected chi connectivity index (χ2v) is 5.01. The predicted octanol–water partition coefficient (Wildman–Crippen LogP) is 0.911. The topological polar surface area (TPSA) is 44.7 Å². The third kappa shape index (κ3) is 2.36. The Kier molecular flexibility index (Phi) is 3.50. The molecule has 0 saturated carbocycles. The molecule has 1 unspecified atom stereocenters. The molecule has 4 heteroatoms. The molecule has 2 N–H and O–H groups in total. The molecule has 1 atom stereocenters. The van der Waals surface area contributed by atoms with E-state index in [1.165, 1.54) is 5.56 Å². The Bertz CT molecular complexity index is 416. The van der Waals surface area contributed by atoms with Gasteiger partial charge in [0, 0.05) is 25.7 Å². The molecule has 18 heavy (non-hydrogen) atoms. The molecule has 2 aliphatic rings. The van der Waals surface area contributed by atoms with Gasteiger partial charge in [0.25, 0.3) is 0 Å². The summed E-state index contributed by atoms with van der Waals surface area (Å²) in [6.07, 6.45) is 0.918.